The normalized spacial score (nSPS) is 10.7. The van der Waals surface area contributed by atoms with E-state index in [2.05, 4.69) is 49.3 Å². The van der Waals surface area contributed by atoms with Crippen LogP contribution in [0.1, 0.15) is 25.1 Å². The Kier molecular flexibility index (Phi) is 3.09. The molecule has 0 unspecified atom stereocenters. The lowest BCUT2D eigenvalue weighted by Gasteiger charge is -2.15. The zero-order chi connectivity index (χ0) is 11.5. The van der Waals surface area contributed by atoms with E-state index < -0.39 is 0 Å². The molecule has 84 valence electrons. The van der Waals surface area contributed by atoms with Crippen molar-refractivity contribution in [2.45, 2.75) is 27.2 Å². The molecule has 0 saturated heterocycles. The Morgan fingerprint density at radius 3 is 2.62 bits per heavy atom. The smallest absolute Gasteiger partial charge is 0.0726 e. The number of nitrogens with zero attached hydrogens (tertiary/aromatic N) is 1. The van der Waals surface area contributed by atoms with Crippen LogP contribution < -0.4 is 5.32 Å². The molecule has 0 atom stereocenters. The van der Waals surface area contributed by atoms with Gasteiger partial charge in [0.25, 0.3) is 0 Å². The molecule has 0 radical (unpaired) electrons. The van der Waals surface area contributed by atoms with Crippen LogP contribution in [0.5, 0.6) is 0 Å². The summed E-state index contributed by atoms with van der Waals surface area (Å²) in [5.41, 5.74) is 4.80. The fourth-order valence-corrected chi connectivity index (χ4v) is 2.19. The van der Waals surface area contributed by atoms with Crippen molar-refractivity contribution >= 4 is 16.6 Å². The number of rotatable bonds is 3. The molecule has 0 aliphatic rings. The van der Waals surface area contributed by atoms with E-state index in [1.54, 1.807) is 0 Å². The highest BCUT2D eigenvalue weighted by Gasteiger charge is 2.09. The molecule has 1 N–H and O–H groups in total. The molecule has 0 amide bonds. The molecule has 0 saturated carbocycles. The van der Waals surface area contributed by atoms with Gasteiger partial charge in [0.15, 0.2) is 0 Å². The topological polar surface area (TPSA) is 24.9 Å². The highest BCUT2D eigenvalue weighted by molar-refractivity contribution is 5.93. The van der Waals surface area contributed by atoms with Gasteiger partial charge in [-0.15, -0.1) is 0 Å². The Bertz CT molecular complexity index is 503. The van der Waals surface area contributed by atoms with Crippen molar-refractivity contribution in [3.05, 3.63) is 35.5 Å². The second-order valence-corrected chi connectivity index (χ2v) is 3.95. The summed E-state index contributed by atoms with van der Waals surface area (Å²) in [4.78, 5) is 4.65. The summed E-state index contributed by atoms with van der Waals surface area (Å²) in [6.07, 6.45) is 1.02. The number of pyridine rings is 1. The van der Waals surface area contributed by atoms with Gasteiger partial charge in [-0.25, -0.2) is 0 Å². The molecule has 1 aromatic carbocycles. The van der Waals surface area contributed by atoms with Crippen LogP contribution in [0.15, 0.2) is 24.3 Å². The molecule has 1 aromatic heterocycles. The van der Waals surface area contributed by atoms with E-state index >= 15 is 0 Å². The first-order valence-corrected chi connectivity index (χ1v) is 5.90. The minimum Gasteiger partial charge on any atom is -0.384 e. The average Bonchev–Trinajstić information content (AvgIpc) is 2.29. The number of aryl methyl sites for hydroxylation is 1. The van der Waals surface area contributed by atoms with Crippen LogP contribution in [0.4, 0.5) is 5.69 Å². The summed E-state index contributed by atoms with van der Waals surface area (Å²) in [6, 6.07) is 8.32. The maximum absolute atomic E-state index is 4.65. The zero-order valence-corrected chi connectivity index (χ0v) is 10.2. The molecule has 16 heavy (non-hydrogen) atoms. The molecule has 2 nitrogen and oxygen atoms in total. The lowest BCUT2D eigenvalue weighted by molar-refractivity contribution is 1.06. The summed E-state index contributed by atoms with van der Waals surface area (Å²) in [5.74, 6) is 0. The fraction of sp³-hybridized carbons (Fsp3) is 0.357. The van der Waals surface area contributed by atoms with E-state index in [0.717, 1.165) is 24.2 Å². The monoisotopic (exact) mass is 214 g/mol. The van der Waals surface area contributed by atoms with Crippen LogP contribution in [0.3, 0.4) is 0 Å². The second-order valence-electron chi connectivity index (χ2n) is 3.95. The maximum Gasteiger partial charge on any atom is 0.0726 e. The maximum atomic E-state index is 4.65. The predicted molar refractivity (Wildman–Crippen MR) is 70.0 cm³/mol. The second kappa shape index (κ2) is 4.52. The first kappa shape index (κ1) is 10.9. The highest BCUT2D eigenvalue weighted by Crippen LogP contribution is 2.28. The van der Waals surface area contributed by atoms with Crippen molar-refractivity contribution in [3.8, 4) is 0 Å². The van der Waals surface area contributed by atoms with Gasteiger partial charge in [-0.2, -0.15) is 0 Å². The van der Waals surface area contributed by atoms with Gasteiger partial charge in [-0.3, -0.25) is 4.98 Å². The number of benzene rings is 1. The fourth-order valence-electron chi connectivity index (χ4n) is 2.19. The van der Waals surface area contributed by atoms with Crippen LogP contribution in [-0.2, 0) is 6.42 Å². The van der Waals surface area contributed by atoms with Crippen LogP contribution in [0.25, 0.3) is 10.9 Å². The predicted octanol–water partition coefficient (Wildman–Crippen LogP) is 3.54. The molecule has 1 heterocycles. The van der Waals surface area contributed by atoms with Crippen molar-refractivity contribution in [1.29, 1.82) is 0 Å². The van der Waals surface area contributed by atoms with Crippen molar-refractivity contribution in [2.24, 2.45) is 0 Å². The van der Waals surface area contributed by atoms with Gasteiger partial charge in [-0.1, -0.05) is 25.1 Å². The van der Waals surface area contributed by atoms with Crippen LogP contribution in [-0.4, -0.2) is 11.5 Å². The van der Waals surface area contributed by atoms with Gasteiger partial charge in [0.2, 0.25) is 0 Å². The number of hydrogen-bond acceptors (Lipinski definition) is 2. The van der Waals surface area contributed by atoms with E-state index in [4.69, 9.17) is 0 Å². The lowest BCUT2D eigenvalue weighted by atomic mass is 10.0. The quantitative estimate of drug-likeness (QED) is 0.845. The minimum absolute atomic E-state index is 0.945. The Morgan fingerprint density at radius 2 is 1.94 bits per heavy atom. The van der Waals surface area contributed by atoms with Gasteiger partial charge >= 0.3 is 0 Å². The number of para-hydroxylation sites is 1. The van der Waals surface area contributed by atoms with E-state index in [-0.39, 0.29) is 0 Å². The van der Waals surface area contributed by atoms with Crippen molar-refractivity contribution in [3.63, 3.8) is 0 Å². The van der Waals surface area contributed by atoms with Gasteiger partial charge in [0.1, 0.15) is 0 Å². The standard InChI is InChI=1S/C14H18N2/c1-4-11-10(3)16-13-9-7-6-8-12(13)14(11)15-5-2/h6-9H,4-5H2,1-3H3,(H,15,16). The average molecular weight is 214 g/mol. The third kappa shape index (κ3) is 1.75. The van der Waals surface area contributed by atoms with E-state index in [9.17, 15) is 0 Å². The molecule has 2 heteroatoms. The van der Waals surface area contributed by atoms with Crippen LogP contribution in [0.2, 0.25) is 0 Å². The summed E-state index contributed by atoms with van der Waals surface area (Å²) in [7, 11) is 0. The Morgan fingerprint density at radius 1 is 1.19 bits per heavy atom. The molecule has 0 aliphatic carbocycles. The SMILES string of the molecule is CCNc1c(CC)c(C)nc2ccccc12. The minimum atomic E-state index is 0.945. The van der Waals surface area contributed by atoms with Crippen LogP contribution in [0, 0.1) is 6.92 Å². The van der Waals surface area contributed by atoms with Crippen molar-refractivity contribution < 1.29 is 0 Å². The molecular weight excluding hydrogens is 196 g/mol. The number of fused-ring (bicyclic) bond motifs is 1. The number of aromatic nitrogens is 1. The largest absolute Gasteiger partial charge is 0.384 e. The number of hydrogen-bond donors (Lipinski definition) is 1. The van der Waals surface area contributed by atoms with Gasteiger partial charge in [0.05, 0.1) is 5.52 Å². The van der Waals surface area contributed by atoms with Gasteiger partial charge in [-0.05, 0) is 31.9 Å². The van der Waals surface area contributed by atoms with E-state index in [0.29, 0.717) is 0 Å². The first-order chi connectivity index (χ1) is 7.77. The number of anilines is 1. The third-order valence-corrected chi connectivity index (χ3v) is 2.91. The summed E-state index contributed by atoms with van der Waals surface area (Å²) in [6.45, 7) is 7.34. The van der Waals surface area contributed by atoms with Crippen molar-refractivity contribution in [2.75, 3.05) is 11.9 Å². The molecular formula is C14H18N2. The third-order valence-electron chi connectivity index (χ3n) is 2.91. The summed E-state index contributed by atoms with van der Waals surface area (Å²) >= 11 is 0. The van der Waals surface area contributed by atoms with E-state index in [1.165, 1.54) is 16.6 Å². The molecule has 0 fully saturated rings. The lowest BCUT2D eigenvalue weighted by Crippen LogP contribution is -2.04. The van der Waals surface area contributed by atoms with Crippen molar-refractivity contribution in [1.82, 2.24) is 4.98 Å². The highest BCUT2D eigenvalue weighted by atomic mass is 14.9. The molecule has 0 bridgehead atoms. The van der Waals surface area contributed by atoms with Crippen LogP contribution >= 0.6 is 0 Å². The Hall–Kier alpha value is -1.57. The molecule has 2 rings (SSSR count). The Balaban J connectivity index is 2.76. The van der Waals surface area contributed by atoms with Gasteiger partial charge in [0, 0.05) is 23.3 Å². The Labute approximate surface area is 96.7 Å². The molecule has 0 aliphatic heterocycles. The zero-order valence-electron chi connectivity index (χ0n) is 10.2. The summed E-state index contributed by atoms with van der Waals surface area (Å²) in [5, 5.41) is 4.70. The number of nitrogens with one attached hydrogen (secondary N) is 1. The first-order valence-electron chi connectivity index (χ1n) is 5.90. The van der Waals surface area contributed by atoms with Gasteiger partial charge < -0.3 is 5.32 Å². The van der Waals surface area contributed by atoms with E-state index in [1.807, 2.05) is 6.07 Å². The molecule has 2 aromatic rings. The molecule has 0 spiro atoms. The summed E-state index contributed by atoms with van der Waals surface area (Å²) < 4.78 is 0.